The zero-order valence-corrected chi connectivity index (χ0v) is 27.3. The molecule has 0 bridgehead atoms. The van der Waals surface area contributed by atoms with Gasteiger partial charge < -0.3 is 0 Å². The summed E-state index contributed by atoms with van der Waals surface area (Å²) in [5.74, 6) is 0. The summed E-state index contributed by atoms with van der Waals surface area (Å²) in [5.41, 5.74) is 9.92. The predicted octanol–water partition coefficient (Wildman–Crippen LogP) is 14.1. The van der Waals surface area contributed by atoms with Crippen LogP contribution in [0.2, 0.25) is 0 Å². The fourth-order valence-corrected chi connectivity index (χ4v) is 8.62. The van der Waals surface area contributed by atoms with E-state index >= 15 is 0 Å². The molecule has 0 nitrogen and oxygen atoms in total. The monoisotopic (exact) mass is 630 g/mol. The Morgan fingerprint density at radius 2 is 0.580 bits per heavy atom. The molecular formula is C50H30. The normalized spacial score (nSPS) is 12.0. The summed E-state index contributed by atoms with van der Waals surface area (Å²) in [6, 6.07) is 67.6. The van der Waals surface area contributed by atoms with Gasteiger partial charge in [-0.25, -0.2) is 0 Å². The molecular weight excluding hydrogens is 601 g/mol. The van der Waals surface area contributed by atoms with Crippen LogP contribution in [0.5, 0.6) is 0 Å². The van der Waals surface area contributed by atoms with Gasteiger partial charge in [-0.3, -0.25) is 0 Å². The smallest absolute Gasteiger partial charge is 0.00206 e. The SMILES string of the molecule is c1ccc(-c2cc(-c3ccc4ccc5cccc6ccc3c4c56)ccc2-c2ccc(-c3ccc4ccc5cccc6ccc3c4c56)cc2)cc1. The third-order valence-corrected chi connectivity index (χ3v) is 11.0. The van der Waals surface area contributed by atoms with E-state index in [2.05, 4.69) is 182 Å². The van der Waals surface area contributed by atoms with Crippen LogP contribution < -0.4 is 0 Å². The molecule has 0 heterocycles. The molecule has 0 heteroatoms. The zero-order valence-electron chi connectivity index (χ0n) is 27.3. The lowest BCUT2D eigenvalue weighted by Gasteiger charge is -2.17. The van der Waals surface area contributed by atoms with Crippen molar-refractivity contribution in [2.24, 2.45) is 0 Å². The second kappa shape index (κ2) is 10.5. The van der Waals surface area contributed by atoms with Gasteiger partial charge in [0.2, 0.25) is 0 Å². The van der Waals surface area contributed by atoms with E-state index in [1.54, 1.807) is 0 Å². The number of hydrogen-bond donors (Lipinski definition) is 0. The van der Waals surface area contributed by atoms with E-state index in [-0.39, 0.29) is 0 Å². The Labute approximate surface area is 290 Å². The van der Waals surface area contributed by atoms with Gasteiger partial charge in [0, 0.05) is 0 Å². The fraction of sp³-hybridized carbons (Fsp3) is 0. The third-order valence-electron chi connectivity index (χ3n) is 11.0. The van der Waals surface area contributed by atoms with Crippen LogP contribution in [0.25, 0.3) is 109 Å². The van der Waals surface area contributed by atoms with Crippen LogP contribution >= 0.6 is 0 Å². The second-order valence-corrected chi connectivity index (χ2v) is 13.6. The molecule has 0 radical (unpaired) electrons. The molecule has 0 aliphatic heterocycles. The van der Waals surface area contributed by atoms with Crippen molar-refractivity contribution in [3.05, 3.63) is 182 Å². The summed E-state index contributed by atoms with van der Waals surface area (Å²) < 4.78 is 0. The molecule has 0 N–H and O–H groups in total. The Balaban J connectivity index is 1.06. The topological polar surface area (TPSA) is 0 Å². The third kappa shape index (κ3) is 4.00. The summed E-state index contributed by atoms with van der Waals surface area (Å²) in [6.45, 7) is 0. The van der Waals surface area contributed by atoms with Crippen molar-refractivity contribution in [2.75, 3.05) is 0 Å². The highest BCUT2D eigenvalue weighted by atomic mass is 14.2. The highest BCUT2D eigenvalue weighted by molar-refractivity contribution is 6.26. The maximum Gasteiger partial charge on any atom is -0.00206 e. The minimum absolute atomic E-state index is 1.22. The highest BCUT2D eigenvalue weighted by Crippen LogP contribution is 2.43. The molecule has 0 saturated carbocycles. The van der Waals surface area contributed by atoms with Gasteiger partial charge in [-0.1, -0.05) is 176 Å². The summed E-state index contributed by atoms with van der Waals surface area (Å²) >= 11 is 0. The first-order chi connectivity index (χ1) is 24.8. The van der Waals surface area contributed by atoms with E-state index in [9.17, 15) is 0 Å². The van der Waals surface area contributed by atoms with E-state index in [0.717, 1.165) is 0 Å². The van der Waals surface area contributed by atoms with E-state index in [1.807, 2.05) is 0 Å². The van der Waals surface area contributed by atoms with Crippen LogP contribution in [0, 0.1) is 0 Å². The Hall–Kier alpha value is -6.50. The van der Waals surface area contributed by atoms with E-state index < -0.39 is 0 Å². The van der Waals surface area contributed by atoms with Crippen LogP contribution in [0.1, 0.15) is 0 Å². The average molecular weight is 631 g/mol. The lowest BCUT2D eigenvalue weighted by atomic mass is 9.87. The van der Waals surface area contributed by atoms with E-state index in [0.29, 0.717) is 0 Å². The molecule has 11 aromatic rings. The first-order valence-electron chi connectivity index (χ1n) is 17.4. The average Bonchev–Trinajstić information content (AvgIpc) is 3.19. The standard InChI is InChI=1S/C50H30/c1-2-6-31(7-3-1)46-30-40(43-26-21-39-19-17-35-9-5-11-37-23-29-45(43)50(39)48(35)37)24-27-42(46)33-14-12-32(13-15-33)41-25-20-38-18-16-34-8-4-10-36-22-28-44(41)49(38)47(34)36/h1-30H. The molecule has 0 aromatic heterocycles. The number of hydrogen-bond acceptors (Lipinski definition) is 0. The largest absolute Gasteiger partial charge is 0.0622 e. The summed E-state index contributed by atoms with van der Waals surface area (Å²) in [5, 5.41) is 15.8. The Bertz CT molecular complexity index is 3030. The van der Waals surface area contributed by atoms with Crippen molar-refractivity contribution in [1.82, 2.24) is 0 Å². The molecule has 0 fully saturated rings. The van der Waals surface area contributed by atoms with Crippen molar-refractivity contribution in [2.45, 2.75) is 0 Å². The molecule has 0 aliphatic carbocycles. The summed E-state index contributed by atoms with van der Waals surface area (Å²) in [4.78, 5) is 0. The van der Waals surface area contributed by atoms with Crippen LogP contribution in [0.3, 0.4) is 0 Å². The van der Waals surface area contributed by atoms with Crippen molar-refractivity contribution >= 4 is 64.6 Å². The lowest BCUT2D eigenvalue weighted by molar-refractivity contribution is 1.57. The molecule has 0 atom stereocenters. The number of benzene rings is 11. The van der Waals surface area contributed by atoms with Gasteiger partial charge in [-0.2, -0.15) is 0 Å². The van der Waals surface area contributed by atoms with Crippen molar-refractivity contribution in [3.8, 4) is 44.5 Å². The maximum atomic E-state index is 2.39. The zero-order chi connectivity index (χ0) is 32.8. The summed E-state index contributed by atoms with van der Waals surface area (Å²) in [7, 11) is 0. The van der Waals surface area contributed by atoms with Gasteiger partial charge in [-0.05, 0) is 115 Å². The van der Waals surface area contributed by atoms with Crippen LogP contribution in [0.15, 0.2) is 182 Å². The van der Waals surface area contributed by atoms with Crippen molar-refractivity contribution in [1.29, 1.82) is 0 Å². The molecule has 0 amide bonds. The molecule has 0 saturated heterocycles. The first-order valence-corrected chi connectivity index (χ1v) is 17.4. The van der Waals surface area contributed by atoms with Gasteiger partial charge in [-0.15, -0.1) is 0 Å². The second-order valence-electron chi connectivity index (χ2n) is 13.6. The van der Waals surface area contributed by atoms with Gasteiger partial charge in [0.1, 0.15) is 0 Å². The molecule has 50 heavy (non-hydrogen) atoms. The molecule has 230 valence electrons. The Morgan fingerprint density at radius 1 is 0.200 bits per heavy atom. The number of rotatable bonds is 4. The van der Waals surface area contributed by atoms with Crippen LogP contribution in [-0.2, 0) is 0 Å². The van der Waals surface area contributed by atoms with Crippen LogP contribution in [-0.4, -0.2) is 0 Å². The van der Waals surface area contributed by atoms with Gasteiger partial charge in [0.05, 0.1) is 0 Å². The predicted molar refractivity (Wildman–Crippen MR) is 216 cm³/mol. The van der Waals surface area contributed by atoms with Crippen molar-refractivity contribution in [3.63, 3.8) is 0 Å². The lowest BCUT2D eigenvalue weighted by Crippen LogP contribution is -1.90. The van der Waals surface area contributed by atoms with Crippen LogP contribution in [0.4, 0.5) is 0 Å². The molecule has 0 spiro atoms. The van der Waals surface area contributed by atoms with Crippen molar-refractivity contribution < 1.29 is 0 Å². The van der Waals surface area contributed by atoms with Gasteiger partial charge >= 0.3 is 0 Å². The molecule has 11 aromatic carbocycles. The molecule has 0 unspecified atom stereocenters. The first kappa shape index (κ1) is 27.5. The molecule has 0 aliphatic rings. The Morgan fingerprint density at radius 3 is 1.12 bits per heavy atom. The minimum atomic E-state index is 1.22. The van der Waals surface area contributed by atoms with E-state index in [1.165, 1.54) is 109 Å². The quantitative estimate of drug-likeness (QED) is 0.170. The van der Waals surface area contributed by atoms with Gasteiger partial charge in [0.25, 0.3) is 0 Å². The minimum Gasteiger partial charge on any atom is -0.0622 e. The van der Waals surface area contributed by atoms with E-state index in [4.69, 9.17) is 0 Å². The maximum absolute atomic E-state index is 2.39. The summed E-state index contributed by atoms with van der Waals surface area (Å²) in [6.07, 6.45) is 0. The van der Waals surface area contributed by atoms with Gasteiger partial charge in [0.15, 0.2) is 0 Å². The fourth-order valence-electron chi connectivity index (χ4n) is 8.62. The highest BCUT2D eigenvalue weighted by Gasteiger charge is 2.16. The molecule has 11 rings (SSSR count). The Kier molecular flexibility index (Phi) is 5.76.